The number of hydrogen-bond donors (Lipinski definition) is 1. The molecule has 1 unspecified atom stereocenters. The van der Waals surface area contributed by atoms with Gasteiger partial charge < -0.3 is 15.0 Å². The molecule has 168 valence electrons. The van der Waals surface area contributed by atoms with Gasteiger partial charge in [0.05, 0.1) is 35.6 Å². The number of nitrogens with zero attached hydrogens (tertiary/aromatic N) is 3. The van der Waals surface area contributed by atoms with Gasteiger partial charge in [0.25, 0.3) is 5.91 Å². The first-order valence-electron chi connectivity index (χ1n) is 9.70. The highest BCUT2D eigenvalue weighted by Crippen LogP contribution is 2.40. The predicted molar refractivity (Wildman–Crippen MR) is 111 cm³/mol. The standard InChI is InChI=1S/C22H20F4N4O2/c1-30(15-5-6-19(32-2)18(23)10-15)21(31)16-8-13(11-27)9-17(22(24,25)26)20(16)29-12-14-4-3-7-28-14/h5-6,8-10,12,14,28H,3-4,7H2,1-2H3. The van der Waals surface area contributed by atoms with Crippen LogP contribution in [0.5, 0.6) is 5.75 Å². The number of rotatable bonds is 5. The molecule has 1 heterocycles. The molecule has 1 fully saturated rings. The van der Waals surface area contributed by atoms with Crippen LogP contribution in [0, 0.1) is 17.1 Å². The van der Waals surface area contributed by atoms with E-state index in [-0.39, 0.29) is 23.0 Å². The van der Waals surface area contributed by atoms with Gasteiger partial charge in [-0.25, -0.2) is 4.39 Å². The summed E-state index contributed by atoms with van der Waals surface area (Å²) in [6, 6.07) is 6.87. The number of benzene rings is 2. The molecule has 0 radical (unpaired) electrons. The first-order valence-corrected chi connectivity index (χ1v) is 9.70. The quantitative estimate of drug-likeness (QED) is 0.541. The normalized spacial score (nSPS) is 16.2. The van der Waals surface area contributed by atoms with E-state index in [2.05, 4.69) is 10.3 Å². The lowest BCUT2D eigenvalue weighted by atomic mass is 10.0. The fourth-order valence-corrected chi connectivity index (χ4v) is 3.38. The lowest BCUT2D eigenvalue weighted by molar-refractivity contribution is -0.137. The number of halogens is 4. The minimum atomic E-state index is -4.84. The molecular weight excluding hydrogens is 428 g/mol. The van der Waals surface area contributed by atoms with Crippen LogP contribution in [-0.4, -0.2) is 38.9 Å². The number of carbonyl (C=O) groups excluding carboxylic acids is 1. The molecule has 3 rings (SSSR count). The Morgan fingerprint density at radius 1 is 1.34 bits per heavy atom. The molecule has 1 atom stereocenters. The maximum absolute atomic E-state index is 14.1. The van der Waals surface area contributed by atoms with E-state index in [0.717, 1.165) is 23.5 Å². The number of anilines is 1. The van der Waals surface area contributed by atoms with Crippen molar-refractivity contribution in [3.05, 3.63) is 52.8 Å². The summed E-state index contributed by atoms with van der Waals surface area (Å²) in [6.45, 7) is 0.716. The second-order valence-corrected chi connectivity index (χ2v) is 7.19. The second kappa shape index (κ2) is 9.36. The van der Waals surface area contributed by atoms with Crippen LogP contribution in [-0.2, 0) is 6.18 Å². The minimum absolute atomic E-state index is 0.0465. The van der Waals surface area contributed by atoms with E-state index in [4.69, 9.17) is 4.74 Å². The number of amides is 1. The summed E-state index contributed by atoms with van der Waals surface area (Å²) in [4.78, 5) is 18.2. The number of carbonyl (C=O) groups is 1. The van der Waals surface area contributed by atoms with Crippen LogP contribution in [0.4, 0.5) is 28.9 Å². The summed E-state index contributed by atoms with van der Waals surface area (Å²) in [5.74, 6) is -1.66. The van der Waals surface area contributed by atoms with Gasteiger partial charge in [0.2, 0.25) is 0 Å². The Balaban J connectivity index is 2.11. The van der Waals surface area contributed by atoms with Crippen molar-refractivity contribution in [1.82, 2.24) is 5.32 Å². The van der Waals surface area contributed by atoms with Crippen LogP contribution < -0.4 is 15.0 Å². The Labute approximate surface area is 182 Å². The Morgan fingerprint density at radius 3 is 2.66 bits per heavy atom. The highest BCUT2D eigenvalue weighted by Gasteiger charge is 2.37. The first-order chi connectivity index (χ1) is 15.2. The maximum atomic E-state index is 14.1. The number of ether oxygens (including phenoxy) is 1. The van der Waals surface area contributed by atoms with Crippen molar-refractivity contribution in [2.45, 2.75) is 25.1 Å². The molecule has 1 N–H and O–H groups in total. The summed E-state index contributed by atoms with van der Waals surface area (Å²) >= 11 is 0. The van der Waals surface area contributed by atoms with E-state index in [9.17, 15) is 27.6 Å². The highest BCUT2D eigenvalue weighted by atomic mass is 19.4. The van der Waals surface area contributed by atoms with Gasteiger partial charge >= 0.3 is 6.18 Å². The van der Waals surface area contributed by atoms with Crippen molar-refractivity contribution in [2.75, 3.05) is 25.6 Å². The first kappa shape index (κ1) is 23.2. The molecule has 1 saturated heterocycles. The van der Waals surface area contributed by atoms with Crippen LogP contribution >= 0.6 is 0 Å². The van der Waals surface area contributed by atoms with Crippen molar-refractivity contribution in [2.24, 2.45) is 4.99 Å². The summed E-state index contributed by atoms with van der Waals surface area (Å²) in [7, 11) is 2.57. The summed E-state index contributed by atoms with van der Waals surface area (Å²) in [5, 5.41) is 12.3. The molecule has 6 nitrogen and oxygen atoms in total. The van der Waals surface area contributed by atoms with Gasteiger partial charge in [-0.2, -0.15) is 18.4 Å². The lowest BCUT2D eigenvalue weighted by Gasteiger charge is -2.21. The van der Waals surface area contributed by atoms with Crippen LogP contribution in [0.25, 0.3) is 0 Å². The van der Waals surface area contributed by atoms with Gasteiger partial charge in [-0.05, 0) is 43.7 Å². The van der Waals surface area contributed by atoms with Crippen molar-refractivity contribution in [1.29, 1.82) is 5.26 Å². The van der Waals surface area contributed by atoms with E-state index in [0.29, 0.717) is 19.0 Å². The SMILES string of the molecule is COc1ccc(N(C)C(=O)c2cc(C#N)cc(C(F)(F)F)c2N=CC2CCCN2)cc1F. The molecule has 32 heavy (non-hydrogen) atoms. The number of nitrogens with one attached hydrogen (secondary N) is 1. The molecule has 0 bridgehead atoms. The minimum Gasteiger partial charge on any atom is -0.494 e. The average molecular weight is 448 g/mol. The fraction of sp³-hybridized carbons (Fsp3) is 0.318. The average Bonchev–Trinajstić information content (AvgIpc) is 3.29. The van der Waals surface area contributed by atoms with Crippen molar-refractivity contribution < 1.29 is 27.1 Å². The zero-order valence-corrected chi connectivity index (χ0v) is 17.3. The lowest BCUT2D eigenvalue weighted by Crippen LogP contribution is -2.27. The van der Waals surface area contributed by atoms with Gasteiger partial charge in [-0.3, -0.25) is 9.79 Å². The number of methoxy groups -OCH3 is 1. The molecule has 10 heteroatoms. The monoisotopic (exact) mass is 448 g/mol. The number of aliphatic imine (C=N–C) groups is 1. The van der Waals surface area contributed by atoms with E-state index in [1.54, 1.807) is 6.07 Å². The smallest absolute Gasteiger partial charge is 0.418 e. The molecule has 2 aromatic carbocycles. The Morgan fingerprint density at radius 2 is 2.09 bits per heavy atom. The zero-order chi connectivity index (χ0) is 23.5. The third kappa shape index (κ3) is 4.89. The topological polar surface area (TPSA) is 77.7 Å². The van der Waals surface area contributed by atoms with Crippen LogP contribution in [0.3, 0.4) is 0 Å². The van der Waals surface area contributed by atoms with Gasteiger partial charge in [0, 0.05) is 31.1 Å². The van der Waals surface area contributed by atoms with Crippen LogP contribution in [0.1, 0.15) is 34.3 Å². The molecular formula is C22H20F4N4O2. The highest BCUT2D eigenvalue weighted by molar-refractivity contribution is 6.10. The second-order valence-electron chi connectivity index (χ2n) is 7.19. The molecule has 2 aromatic rings. The molecule has 0 aliphatic carbocycles. The van der Waals surface area contributed by atoms with Crippen LogP contribution in [0.2, 0.25) is 0 Å². The number of nitriles is 1. The predicted octanol–water partition coefficient (Wildman–Crippen LogP) is 4.46. The van der Waals surface area contributed by atoms with Gasteiger partial charge in [0.15, 0.2) is 11.6 Å². The van der Waals surface area contributed by atoms with Gasteiger partial charge in [0.1, 0.15) is 0 Å². The van der Waals surface area contributed by atoms with E-state index in [1.807, 2.05) is 0 Å². The van der Waals surface area contributed by atoms with Crippen molar-refractivity contribution in [3.8, 4) is 11.8 Å². The molecule has 0 aromatic heterocycles. The fourth-order valence-electron chi connectivity index (χ4n) is 3.38. The van der Waals surface area contributed by atoms with E-state index in [1.165, 1.54) is 32.5 Å². The van der Waals surface area contributed by atoms with Crippen LogP contribution in [0.15, 0.2) is 35.3 Å². The van der Waals surface area contributed by atoms with Crippen molar-refractivity contribution in [3.63, 3.8) is 0 Å². The molecule has 0 spiro atoms. The maximum Gasteiger partial charge on any atom is 0.418 e. The Hall–Kier alpha value is -3.45. The largest absolute Gasteiger partial charge is 0.494 e. The summed E-state index contributed by atoms with van der Waals surface area (Å²) in [6.07, 6.45) is -1.95. The molecule has 1 aliphatic heterocycles. The van der Waals surface area contributed by atoms with E-state index < -0.39 is 34.7 Å². The number of alkyl halides is 3. The van der Waals surface area contributed by atoms with Crippen molar-refractivity contribution >= 4 is 23.5 Å². The Kier molecular flexibility index (Phi) is 6.79. The van der Waals surface area contributed by atoms with E-state index >= 15 is 0 Å². The summed E-state index contributed by atoms with van der Waals surface area (Å²) < 4.78 is 60.3. The summed E-state index contributed by atoms with van der Waals surface area (Å²) in [5.41, 5.74) is -2.44. The third-order valence-electron chi connectivity index (χ3n) is 5.08. The van der Waals surface area contributed by atoms with Gasteiger partial charge in [-0.1, -0.05) is 0 Å². The van der Waals surface area contributed by atoms with Gasteiger partial charge in [-0.15, -0.1) is 0 Å². The molecule has 1 aliphatic rings. The molecule has 0 saturated carbocycles. The Bertz CT molecular complexity index is 1090. The third-order valence-corrected chi connectivity index (χ3v) is 5.08. The molecule has 1 amide bonds. The number of hydrogen-bond acceptors (Lipinski definition) is 5. The zero-order valence-electron chi connectivity index (χ0n) is 17.3.